The van der Waals surface area contributed by atoms with Gasteiger partial charge in [-0.2, -0.15) is 0 Å². The lowest BCUT2D eigenvalue weighted by Gasteiger charge is -2.17. The lowest BCUT2D eigenvalue weighted by atomic mass is 9.96. The Labute approximate surface area is 197 Å². The van der Waals surface area contributed by atoms with Crippen LogP contribution in [0.15, 0.2) is 41.1 Å². The summed E-state index contributed by atoms with van der Waals surface area (Å²) in [6.45, 7) is 8.15. The first-order valence-corrected chi connectivity index (χ1v) is 12.3. The highest BCUT2D eigenvalue weighted by atomic mass is 32.1. The van der Waals surface area contributed by atoms with Crippen LogP contribution in [0, 0.1) is 11.8 Å². The summed E-state index contributed by atoms with van der Waals surface area (Å²) in [6.07, 6.45) is 11.3. The highest BCUT2D eigenvalue weighted by molar-refractivity contribution is 7.14. The molecule has 0 radical (unpaired) electrons. The summed E-state index contributed by atoms with van der Waals surface area (Å²) in [7, 11) is 1.53. The number of hydrogen-bond acceptors (Lipinski definition) is 7. The molecule has 2 N–H and O–H groups in total. The Kier molecular flexibility index (Phi) is 10.2. The van der Waals surface area contributed by atoms with Gasteiger partial charge < -0.3 is 10.5 Å². The van der Waals surface area contributed by atoms with Crippen LogP contribution in [-0.2, 0) is 14.3 Å². The second-order valence-corrected chi connectivity index (χ2v) is 9.66. The van der Waals surface area contributed by atoms with Crippen molar-refractivity contribution in [2.75, 3.05) is 7.11 Å². The third-order valence-corrected chi connectivity index (χ3v) is 6.67. The van der Waals surface area contributed by atoms with Gasteiger partial charge in [-0.05, 0) is 12.0 Å². The van der Waals surface area contributed by atoms with Crippen molar-refractivity contribution < 1.29 is 14.3 Å². The van der Waals surface area contributed by atoms with E-state index in [1.807, 2.05) is 16.8 Å². The molecule has 2 heterocycles. The molecule has 6 nitrogen and oxygen atoms in total. The molecule has 2 rings (SSSR count). The third kappa shape index (κ3) is 7.93. The van der Waals surface area contributed by atoms with E-state index in [2.05, 4.69) is 50.1 Å². The zero-order chi connectivity index (χ0) is 23.7. The van der Waals surface area contributed by atoms with Crippen LogP contribution in [0.3, 0.4) is 0 Å². The van der Waals surface area contributed by atoms with E-state index >= 15 is 0 Å². The minimum Gasteiger partial charge on any atom is -0.377 e. The molecule has 2 aromatic heterocycles. The van der Waals surface area contributed by atoms with Crippen LogP contribution in [0.25, 0.3) is 16.8 Å². The SMILES string of the molecule is CO[C@@H](/C=C/c1csc(-c2csc([C@@H](C)/C=C/C=C/C(C)C)n2)n1)[C@@H](C)C(=O)CC(N)=O. The Hall–Kier alpha value is -2.42. The summed E-state index contributed by atoms with van der Waals surface area (Å²) in [6, 6.07) is 0. The molecule has 0 unspecified atom stereocenters. The minimum atomic E-state index is -0.635. The van der Waals surface area contributed by atoms with E-state index < -0.39 is 17.9 Å². The summed E-state index contributed by atoms with van der Waals surface area (Å²) < 4.78 is 5.40. The number of carbonyl (C=O) groups is 2. The van der Waals surface area contributed by atoms with Gasteiger partial charge in [0.2, 0.25) is 5.91 Å². The van der Waals surface area contributed by atoms with E-state index in [4.69, 9.17) is 15.5 Å². The second-order valence-electron chi connectivity index (χ2n) is 7.91. The number of methoxy groups -OCH3 is 1. The number of amides is 1. The fraction of sp³-hybridized carbons (Fsp3) is 0.417. The smallest absolute Gasteiger partial charge is 0.224 e. The minimum absolute atomic E-state index is 0.228. The number of nitrogens with two attached hydrogens (primary N) is 1. The third-order valence-electron chi connectivity index (χ3n) is 4.74. The lowest BCUT2D eigenvalue weighted by molar-refractivity contribution is -0.130. The van der Waals surface area contributed by atoms with E-state index in [1.54, 1.807) is 24.3 Å². The van der Waals surface area contributed by atoms with Crippen molar-refractivity contribution in [3.05, 3.63) is 51.8 Å². The van der Waals surface area contributed by atoms with Crippen LogP contribution in [0.4, 0.5) is 0 Å². The zero-order valence-corrected chi connectivity index (χ0v) is 20.8. The molecule has 0 bridgehead atoms. The molecule has 0 aliphatic heterocycles. The molecule has 32 heavy (non-hydrogen) atoms. The molecule has 8 heteroatoms. The van der Waals surface area contributed by atoms with E-state index in [0.717, 1.165) is 21.4 Å². The van der Waals surface area contributed by atoms with Gasteiger partial charge in [0.05, 0.1) is 23.2 Å². The monoisotopic (exact) mass is 473 g/mol. The standard InChI is InChI=1S/C24H31N3O3S2/c1-15(2)8-6-7-9-16(3)23-27-19(14-32-23)24-26-18(13-31-24)10-11-21(30-5)17(4)20(28)12-22(25)29/h6-11,13-17,21H,12H2,1-5H3,(H2,25,29)/b8-6+,9-7+,11-10+/t16-,17-,21-/m0/s1. The highest BCUT2D eigenvalue weighted by Gasteiger charge is 2.23. The maximum atomic E-state index is 12.1. The average Bonchev–Trinajstić information content (AvgIpc) is 3.40. The Morgan fingerprint density at radius 1 is 1.06 bits per heavy atom. The molecular weight excluding hydrogens is 442 g/mol. The largest absolute Gasteiger partial charge is 0.377 e. The van der Waals surface area contributed by atoms with Gasteiger partial charge in [0.25, 0.3) is 0 Å². The van der Waals surface area contributed by atoms with E-state index in [9.17, 15) is 9.59 Å². The Bertz CT molecular complexity index is 988. The van der Waals surface area contributed by atoms with Gasteiger partial charge in [-0.25, -0.2) is 9.97 Å². The Morgan fingerprint density at radius 3 is 2.44 bits per heavy atom. The van der Waals surface area contributed by atoms with Crippen molar-refractivity contribution in [1.82, 2.24) is 9.97 Å². The topological polar surface area (TPSA) is 95.2 Å². The number of carbonyl (C=O) groups excluding carboxylic acids is 2. The van der Waals surface area contributed by atoms with Crippen molar-refractivity contribution in [3.63, 3.8) is 0 Å². The van der Waals surface area contributed by atoms with E-state index in [0.29, 0.717) is 5.92 Å². The molecule has 3 atom stereocenters. The number of primary amides is 1. The molecule has 0 aromatic carbocycles. The predicted molar refractivity (Wildman–Crippen MR) is 133 cm³/mol. The van der Waals surface area contributed by atoms with Gasteiger partial charge >= 0.3 is 0 Å². The van der Waals surface area contributed by atoms with Crippen LogP contribution in [0.1, 0.15) is 50.7 Å². The number of allylic oxidation sites excluding steroid dienone is 4. The summed E-state index contributed by atoms with van der Waals surface area (Å²) >= 11 is 3.15. The first-order chi connectivity index (χ1) is 15.2. The molecule has 0 aliphatic rings. The number of thiazole rings is 2. The lowest BCUT2D eigenvalue weighted by Crippen LogP contribution is -2.29. The number of ether oxygens (including phenoxy) is 1. The van der Waals surface area contributed by atoms with Gasteiger partial charge in [-0.3, -0.25) is 9.59 Å². The molecule has 0 aliphatic carbocycles. The molecule has 0 saturated heterocycles. The predicted octanol–water partition coefficient (Wildman–Crippen LogP) is 5.25. The zero-order valence-electron chi connectivity index (χ0n) is 19.1. The van der Waals surface area contributed by atoms with E-state index in [1.165, 1.54) is 18.4 Å². The van der Waals surface area contributed by atoms with Crippen molar-refractivity contribution in [3.8, 4) is 10.7 Å². The van der Waals surface area contributed by atoms with Gasteiger partial charge in [0, 0.05) is 29.7 Å². The maximum absolute atomic E-state index is 12.1. The molecular formula is C24H31N3O3S2. The van der Waals surface area contributed by atoms with Crippen molar-refractivity contribution in [2.45, 2.75) is 46.1 Å². The van der Waals surface area contributed by atoms with Crippen LogP contribution >= 0.6 is 22.7 Å². The van der Waals surface area contributed by atoms with Crippen molar-refractivity contribution >= 4 is 40.4 Å². The molecule has 0 spiro atoms. The van der Waals surface area contributed by atoms with Crippen molar-refractivity contribution in [1.29, 1.82) is 0 Å². The van der Waals surface area contributed by atoms with E-state index in [-0.39, 0.29) is 18.1 Å². The summed E-state index contributed by atoms with van der Waals surface area (Å²) in [4.78, 5) is 32.5. The van der Waals surface area contributed by atoms with Gasteiger partial charge in [-0.15, -0.1) is 22.7 Å². The van der Waals surface area contributed by atoms with Crippen molar-refractivity contribution in [2.24, 2.45) is 17.6 Å². The number of Topliss-reactive ketones (excluding diaryl/α,β-unsaturated/α-hetero) is 1. The first-order valence-electron chi connectivity index (χ1n) is 10.5. The number of nitrogens with zero attached hydrogens (tertiary/aromatic N) is 2. The van der Waals surface area contributed by atoms with Crippen LogP contribution < -0.4 is 5.73 Å². The quantitative estimate of drug-likeness (QED) is 0.336. The molecule has 0 fully saturated rings. The summed E-state index contributed by atoms with van der Waals surface area (Å²) in [5, 5.41) is 5.85. The number of aromatic nitrogens is 2. The number of hydrogen-bond donors (Lipinski definition) is 1. The highest BCUT2D eigenvalue weighted by Crippen LogP contribution is 2.29. The molecule has 172 valence electrons. The Morgan fingerprint density at radius 2 is 1.78 bits per heavy atom. The van der Waals surface area contributed by atoms with Crippen LogP contribution in [-0.4, -0.2) is 34.9 Å². The summed E-state index contributed by atoms with van der Waals surface area (Å²) in [5.41, 5.74) is 6.75. The second kappa shape index (κ2) is 12.6. The molecule has 2 aromatic rings. The van der Waals surface area contributed by atoms with Gasteiger partial charge in [0.1, 0.15) is 16.5 Å². The van der Waals surface area contributed by atoms with Gasteiger partial charge in [-0.1, -0.05) is 58.1 Å². The maximum Gasteiger partial charge on any atom is 0.224 e. The normalized spacial score (nSPS) is 15.2. The molecule has 1 amide bonds. The molecule has 0 saturated carbocycles. The fourth-order valence-electron chi connectivity index (χ4n) is 2.83. The fourth-order valence-corrected chi connectivity index (χ4v) is 4.50. The summed E-state index contributed by atoms with van der Waals surface area (Å²) in [5.74, 6) is -0.595. The average molecular weight is 474 g/mol. The van der Waals surface area contributed by atoms with Gasteiger partial charge in [0.15, 0.2) is 0 Å². The van der Waals surface area contributed by atoms with Crippen LogP contribution in [0.5, 0.6) is 0 Å². The van der Waals surface area contributed by atoms with Crippen LogP contribution in [0.2, 0.25) is 0 Å². The number of ketones is 1. The Balaban J connectivity index is 2.04. The first kappa shape index (κ1) is 25.8. The number of rotatable bonds is 12.